The molecule has 2 aromatic heterocycles. The lowest BCUT2D eigenvalue weighted by Gasteiger charge is -2.32. The minimum atomic E-state index is -5.08. The Morgan fingerprint density at radius 3 is 1.38 bits per heavy atom. The smallest absolute Gasteiger partial charge is 0.475 e. The van der Waals surface area contributed by atoms with Crippen molar-refractivity contribution in [3.63, 3.8) is 0 Å². The van der Waals surface area contributed by atoms with Gasteiger partial charge in [0.05, 0.1) is 34.7 Å². The lowest BCUT2D eigenvalue weighted by atomic mass is 9.88. The topological polar surface area (TPSA) is 198 Å². The largest absolute Gasteiger partial charge is 0.490 e. The van der Waals surface area contributed by atoms with Gasteiger partial charge in [0.2, 0.25) is 0 Å². The first kappa shape index (κ1) is 62.7. The Kier molecular flexibility index (Phi) is 21.7. The van der Waals surface area contributed by atoms with Crippen molar-refractivity contribution >= 4 is 40.4 Å². The van der Waals surface area contributed by atoms with Gasteiger partial charge in [-0.25, -0.2) is 14.8 Å². The lowest BCUT2D eigenvalue weighted by molar-refractivity contribution is -0.192. The molecule has 4 aliphatic heterocycles. The first-order valence-electron chi connectivity index (χ1n) is 28.4. The molecule has 82 heavy (non-hydrogen) atoms. The third-order valence-electron chi connectivity index (χ3n) is 15.8. The fourth-order valence-electron chi connectivity index (χ4n) is 11.2. The van der Waals surface area contributed by atoms with E-state index in [9.17, 15) is 22.8 Å². The highest BCUT2D eigenvalue weighted by molar-refractivity contribution is 14.1. The molecule has 0 unspecified atom stereocenters. The van der Waals surface area contributed by atoms with E-state index >= 15 is 0 Å². The molecule has 2 amide bonds. The predicted octanol–water partition coefficient (Wildman–Crippen LogP) is 12.1. The SMILES string of the molecule is CC(C)I.Cc1cc(C)c(-c2nc3c([nH]2)CCN(C(C)C)CC3)cc1C(=O)N1CCC(c2ccc(C#N)cc2)CC1.Cc1cc(C)c(-c2nc3c([nH]2)CCNCC3)cc1C(=O)N1CCC(c2ccc(C#N)cc2)CC1.O=C(O)C(F)(F)F. The minimum Gasteiger partial charge on any atom is -0.475 e. The number of carboxylic acids is 1. The van der Waals surface area contributed by atoms with Crippen LogP contribution in [0.2, 0.25) is 0 Å². The molecule has 0 saturated carbocycles. The van der Waals surface area contributed by atoms with Gasteiger partial charge in [0, 0.05) is 122 Å². The van der Waals surface area contributed by atoms with E-state index in [1.165, 1.54) is 22.5 Å². The molecule has 0 spiro atoms. The predicted molar refractivity (Wildman–Crippen MR) is 322 cm³/mol. The maximum atomic E-state index is 13.6. The standard InChI is InChI=1S/C31H37N5O.C28H31N5O.C3H7I.C2HF3O2/c1-20(2)35-15-11-28-29(12-16-35)34-30(33-28)26-18-27(22(4)17-21(26)3)31(37)36-13-9-25(10-14-36)24-7-5-23(19-32)6-8-24;1-18-15-19(2)24(16-23(18)27-31-25-7-11-30-12-8-26(25)32-27)28(34)33-13-9-22(10-14-33)21-5-3-20(17-29)4-6-21;1-3(2)4;3-2(4,5)1(6)7/h5-8,17-18,20,25H,9-16H2,1-4H3,(H,33,34);3-6,15-16,22,30H,7-14H2,1-2H3,(H,31,32);3H,1-2H3;(H,6,7). The van der Waals surface area contributed by atoms with E-state index in [1.807, 2.05) is 54.0 Å². The quantitative estimate of drug-likeness (QED) is 0.0881. The number of alkyl halides is 4. The Morgan fingerprint density at radius 1 is 0.610 bits per heavy atom. The number of hydrogen-bond donors (Lipinski definition) is 4. The Hall–Kier alpha value is -6.87. The maximum absolute atomic E-state index is 13.6. The fourth-order valence-corrected chi connectivity index (χ4v) is 11.2. The number of carboxylic acid groups (broad SMARTS) is 1. The number of fused-ring (bicyclic) bond motifs is 2. The number of likely N-dealkylation sites (tertiary alicyclic amines) is 2. The number of nitriles is 2. The highest BCUT2D eigenvalue weighted by Gasteiger charge is 2.38. The van der Waals surface area contributed by atoms with E-state index in [0.717, 1.165) is 175 Å². The Balaban J connectivity index is 0.000000200. The third-order valence-corrected chi connectivity index (χ3v) is 15.8. The number of nitrogens with zero attached hydrogens (tertiary/aromatic N) is 7. The number of carbonyl (C=O) groups is 3. The summed E-state index contributed by atoms with van der Waals surface area (Å²) in [6.45, 7) is 24.0. The van der Waals surface area contributed by atoms with Crippen LogP contribution in [0.1, 0.15) is 153 Å². The molecular formula is C64H76F3IN10O4. The summed E-state index contributed by atoms with van der Waals surface area (Å²) in [4.78, 5) is 59.6. The van der Waals surface area contributed by atoms with Gasteiger partial charge in [-0.15, -0.1) is 0 Å². The number of rotatable bonds is 7. The van der Waals surface area contributed by atoms with E-state index in [2.05, 4.69) is 139 Å². The molecule has 4 aliphatic rings. The van der Waals surface area contributed by atoms with Crippen LogP contribution in [0.25, 0.3) is 22.8 Å². The summed E-state index contributed by atoms with van der Waals surface area (Å²) in [7, 11) is 0. The Bertz CT molecular complexity index is 3210. The average molecular weight is 1230 g/mol. The van der Waals surface area contributed by atoms with Crippen molar-refractivity contribution in [2.45, 2.75) is 135 Å². The van der Waals surface area contributed by atoms with Crippen LogP contribution >= 0.6 is 22.6 Å². The van der Waals surface area contributed by atoms with E-state index < -0.39 is 12.1 Å². The second kappa shape index (κ2) is 28.4. The minimum absolute atomic E-state index is 0.106. The van der Waals surface area contributed by atoms with E-state index in [0.29, 0.717) is 29.0 Å². The van der Waals surface area contributed by atoms with Gasteiger partial charge in [-0.1, -0.05) is 72.8 Å². The number of benzene rings is 4. The fraction of sp³-hybridized carbons (Fsp3) is 0.453. The van der Waals surface area contributed by atoms with Crippen molar-refractivity contribution in [1.82, 2.24) is 40.0 Å². The van der Waals surface area contributed by atoms with Crippen molar-refractivity contribution in [2.75, 3.05) is 52.4 Å². The van der Waals surface area contributed by atoms with Crippen LogP contribution in [-0.2, 0) is 30.5 Å². The number of hydrogen-bond acceptors (Lipinski definition) is 9. The third kappa shape index (κ3) is 16.2. The molecule has 6 heterocycles. The zero-order chi connectivity index (χ0) is 59.4. The molecule has 0 radical (unpaired) electrons. The summed E-state index contributed by atoms with van der Waals surface area (Å²) >= 11 is 2.34. The van der Waals surface area contributed by atoms with Crippen molar-refractivity contribution in [1.29, 1.82) is 10.5 Å². The van der Waals surface area contributed by atoms with E-state index in [4.69, 9.17) is 30.4 Å². The summed E-state index contributed by atoms with van der Waals surface area (Å²) in [5.74, 6) is 0.0719. The van der Waals surface area contributed by atoms with Crippen LogP contribution in [0.5, 0.6) is 0 Å². The molecule has 4 aromatic carbocycles. The number of nitrogens with one attached hydrogen (secondary N) is 3. The Morgan fingerprint density at radius 2 is 0.988 bits per heavy atom. The zero-order valence-corrected chi connectivity index (χ0v) is 50.5. The molecule has 0 atom stereocenters. The van der Waals surface area contributed by atoms with Crippen molar-refractivity contribution in [3.8, 4) is 34.9 Å². The molecule has 2 saturated heterocycles. The van der Waals surface area contributed by atoms with Gasteiger partial charge in [0.15, 0.2) is 0 Å². The molecular weight excluding hydrogens is 1160 g/mol. The maximum Gasteiger partial charge on any atom is 0.490 e. The van der Waals surface area contributed by atoms with Gasteiger partial charge >= 0.3 is 12.1 Å². The summed E-state index contributed by atoms with van der Waals surface area (Å²) in [5, 5.41) is 28.6. The highest BCUT2D eigenvalue weighted by Crippen LogP contribution is 2.34. The molecule has 434 valence electrons. The molecule has 14 nitrogen and oxygen atoms in total. The van der Waals surface area contributed by atoms with Crippen LogP contribution in [0.4, 0.5) is 13.2 Å². The summed E-state index contributed by atoms with van der Waals surface area (Å²) < 4.78 is 32.5. The second-order valence-corrected chi connectivity index (χ2v) is 24.8. The first-order chi connectivity index (χ1) is 39.0. The first-order valence-corrected chi connectivity index (χ1v) is 29.7. The van der Waals surface area contributed by atoms with Crippen LogP contribution in [0.15, 0.2) is 72.8 Å². The number of piperidine rings is 2. The van der Waals surface area contributed by atoms with Crippen LogP contribution in [0, 0.1) is 50.4 Å². The van der Waals surface area contributed by atoms with Crippen LogP contribution < -0.4 is 5.32 Å². The number of carbonyl (C=O) groups excluding carboxylic acids is 2. The molecule has 6 aromatic rings. The molecule has 0 aliphatic carbocycles. The molecule has 18 heteroatoms. The van der Waals surface area contributed by atoms with E-state index in [-0.39, 0.29) is 11.8 Å². The van der Waals surface area contributed by atoms with Gasteiger partial charge in [-0.05, 0) is 149 Å². The van der Waals surface area contributed by atoms with Crippen LogP contribution in [-0.4, -0.2) is 126 Å². The van der Waals surface area contributed by atoms with Gasteiger partial charge in [0.1, 0.15) is 11.6 Å². The normalized spacial score (nSPS) is 15.9. The van der Waals surface area contributed by atoms with Gasteiger partial charge in [-0.3, -0.25) is 9.59 Å². The number of aromatic nitrogens is 4. The number of H-pyrrole nitrogens is 2. The number of amides is 2. The number of imidazole rings is 2. The lowest BCUT2D eigenvalue weighted by Crippen LogP contribution is -2.38. The number of halogens is 4. The summed E-state index contributed by atoms with van der Waals surface area (Å²) in [6.07, 6.45) is 2.48. The zero-order valence-electron chi connectivity index (χ0n) is 48.4. The van der Waals surface area contributed by atoms with Crippen molar-refractivity contribution < 1.29 is 32.7 Å². The van der Waals surface area contributed by atoms with Gasteiger partial charge in [-0.2, -0.15) is 23.7 Å². The number of aliphatic carboxylic acids is 1. The molecule has 10 rings (SSSR count). The van der Waals surface area contributed by atoms with Crippen molar-refractivity contribution in [3.05, 3.63) is 151 Å². The summed E-state index contributed by atoms with van der Waals surface area (Å²) in [5.41, 5.74) is 16.5. The molecule has 2 fully saturated rings. The monoisotopic (exact) mass is 1230 g/mol. The molecule has 4 N–H and O–H groups in total. The second-order valence-electron chi connectivity index (χ2n) is 22.3. The number of aryl methyl sites for hydroxylation is 4. The van der Waals surface area contributed by atoms with Crippen molar-refractivity contribution in [2.24, 2.45) is 0 Å². The van der Waals surface area contributed by atoms with Crippen LogP contribution in [0.3, 0.4) is 0 Å². The number of aromatic amines is 2. The molecule has 0 bridgehead atoms. The highest BCUT2D eigenvalue weighted by atomic mass is 127. The Labute approximate surface area is 494 Å². The van der Waals surface area contributed by atoms with Gasteiger partial charge in [0.25, 0.3) is 11.8 Å². The van der Waals surface area contributed by atoms with Gasteiger partial charge < -0.3 is 35.1 Å². The average Bonchev–Trinajstić information content (AvgIpc) is 3.90. The summed E-state index contributed by atoms with van der Waals surface area (Å²) in [6, 6.07) is 29.0. The van der Waals surface area contributed by atoms with E-state index in [1.54, 1.807) is 0 Å².